The van der Waals surface area contributed by atoms with E-state index in [1.807, 2.05) is 5.01 Å². The molecule has 2 N–H and O–H groups in total. The molecule has 1 aliphatic heterocycles. The van der Waals surface area contributed by atoms with Gasteiger partial charge in [-0.05, 0) is 43.4 Å². The highest BCUT2D eigenvalue weighted by Gasteiger charge is 2.49. The first kappa shape index (κ1) is 19.9. The fourth-order valence-electron chi connectivity index (χ4n) is 4.43. The number of nitrogens with zero attached hydrogens (tertiary/aromatic N) is 3. The molecule has 9 heteroatoms. The molecule has 1 saturated carbocycles. The van der Waals surface area contributed by atoms with Crippen molar-refractivity contribution in [3.8, 4) is 5.75 Å². The van der Waals surface area contributed by atoms with Crippen LogP contribution in [-0.2, 0) is 6.54 Å². The van der Waals surface area contributed by atoms with Crippen molar-refractivity contribution in [1.82, 2.24) is 14.9 Å². The fourth-order valence-corrected chi connectivity index (χ4v) is 4.43. The van der Waals surface area contributed by atoms with Crippen LogP contribution in [0.3, 0.4) is 0 Å². The standard InChI is InChI=1S/C21H23FN4O4/c1-24-20(30)16-18(28)17(27)15(12-26(16)25(2)21(24)9-3-4-10-21)19(29)23-11-13-5-7-14(22)8-6-13/h5-8,12,28H,3-4,9-11H2,1-2H3,(H,23,29). The van der Waals surface area contributed by atoms with Gasteiger partial charge in [-0.1, -0.05) is 12.1 Å². The third-order valence-corrected chi connectivity index (χ3v) is 6.24. The SMILES string of the molecule is CN1C(=O)c2c(O)c(=O)c(C(=O)NCc3ccc(F)cc3)cn2N(C)C12CCCC2. The highest BCUT2D eigenvalue weighted by Crippen LogP contribution is 2.40. The lowest BCUT2D eigenvalue weighted by Crippen LogP contribution is -2.67. The van der Waals surface area contributed by atoms with Gasteiger partial charge in [-0.2, -0.15) is 0 Å². The molecule has 1 aromatic heterocycles. The number of aromatic hydroxyl groups is 1. The van der Waals surface area contributed by atoms with E-state index in [1.165, 1.54) is 35.1 Å². The van der Waals surface area contributed by atoms with Gasteiger partial charge in [0.1, 0.15) is 17.0 Å². The number of halogens is 1. The monoisotopic (exact) mass is 414 g/mol. The molecule has 158 valence electrons. The van der Waals surface area contributed by atoms with Gasteiger partial charge in [0.05, 0.1) is 0 Å². The molecular weight excluding hydrogens is 391 g/mol. The lowest BCUT2D eigenvalue weighted by atomic mass is 10.0. The summed E-state index contributed by atoms with van der Waals surface area (Å²) < 4.78 is 14.4. The van der Waals surface area contributed by atoms with Crippen molar-refractivity contribution >= 4 is 11.8 Å². The number of aromatic nitrogens is 1. The Bertz CT molecular complexity index is 1070. The Labute approximate surface area is 172 Å². The number of pyridine rings is 1. The lowest BCUT2D eigenvalue weighted by Gasteiger charge is -2.51. The van der Waals surface area contributed by atoms with Gasteiger partial charge in [-0.3, -0.25) is 24.1 Å². The molecular formula is C21H23FN4O4. The summed E-state index contributed by atoms with van der Waals surface area (Å²) in [5, 5.41) is 14.9. The first-order valence-electron chi connectivity index (χ1n) is 9.80. The van der Waals surface area contributed by atoms with Gasteiger partial charge in [-0.15, -0.1) is 0 Å². The van der Waals surface area contributed by atoms with Gasteiger partial charge in [-0.25, -0.2) is 4.39 Å². The molecule has 0 bridgehead atoms. The molecule has 2 aliphatic rings. The number of hydrogen-bond acceptors (Lipinski definition) is 5. The van der Waals surface area contributed by atoms with E-state index in [1.54, 1.807) is 19.0 Å². The molecule has 0 atom stereocenters. The lowest BCUT2D eigenvalue weighted by molar-refractivity contribution is 0.0404. The normalized spacial score (nSPS) is 17.4. The van der Waals surface area contributed by atoms with Crippen LogP contribution >= 0.6 is 0 Å². The van der Waals surface area contributed by atoms with E-state index in [0.29, 0.717) is 5.56 Å². The highest BCUT2D eigenvalue weighted by atomic mass is 19.1. The predicted molar refractivity (Wildman–Crippen MR) is 107 cm³/mol. The smallest absolute Gasteiger partial charge is 0.278 e. The number of benzene rings is 1. The van der Waals surface area contributed by atoms with E-state index in [2.05, 4.69) is 5.32 Å². The van der Waals surface area contributed by atoms with Crippen molar-refractivity contribution < 1.29 is 19.1 Å². The summed E-state index contributed by atoms with van der Waals surface area (Å²) in [4.78, 5) is 39.9. The minimum atomic E-state index is -0.907. The first-order valence-corrected chi connectivity index (χ1v) is 9.80. The summed E-state index contributed by atoms with van der Waals surface area (Å²) in [6, 6.07) is 5.61. The maximum absolute atomic E-state index is 13.0. The Kier molecular flexibility index (Phi) is 4.76. The number of carbonyl (C=O) groups excluding carboxylic acids is 2. The summed E-state index contributed by atoms with van der Waals surface area (Å²) in [5.41, 5.74) is -1.23. The largest absolute Gasteiger partial charge is 0.502 e. The molecule has 0 unspecified atom stereocenters. The summed E-state index contributed by atoms with van der Waals surface area (Å²) in [6.07, 6.45) is 4.72. The maximum Gasteiger partial charge on any atom is 0.278 e. The number of amides is 2. The van der Waals surface area contributed by atoms with Gasteiger partial charge in [0.2, 0.25) is 5.43 Å². The van der Waals surface area contributed by atoms with Crippen molar-refractivity contribution in [2.24, 2.45) is 0 Å². The summed E-state index contributed by atoms with van der Waals surface area (Å²) >= 11 is 0. The Morgan fingerprint density at radius 3 is 2.43 bits per heavy atom. The highest BCUT2D eigenvalue weighted by molar-refractivity contribution is 5.99. The molecule has 2 heterocycles. The average Bonchev–Trinajstić information content (AvgIpc) is 3.23. The Morgan fingerprint density at radius 1 is 1.17 bits per heavy atom. The molecule has 1 aromatic carbocycles. The second-order valence-electron chi connectivity index (χ2n) is 7.80. The Morgan fingerprint density at radius 2 is 1.80 bits per heavy atom. The molecule has 4 rings (SSSR count). The zero-order chi connectivity index (χ0) is 21.6. The number of rotatable bonds is 3. The molecule has 8 nitrogen and oxygen atoms in total. The van der Waals surface area contributed by atoms with Gasteiger partial charge in [0, 0.05) is 26.8 Å². The molecule has 0 saturated heterocycles. The van der Waals surface area contributed by atoms with Crippen molar-refractivity contribution in [2.75, 3.05) is 19.1 Å². The van der Waals surface area contributed by atoms with Crippen molar-refractivity contribution in [2.45, 2.75) is 37.9 Å². The van der Waals surface area contributed by atoms with Crippen molar-refractivity contribution in [3.05, 3.63) is 63.3 Å². The summed E-state index contributed by atoms with van der Waals surface area (Å²) in [7, 11) is 3.45. The molecule has 1 aliphatic carbocycles. The number of fused-ring (bicyclic) bond motifs is 1. The van der Waals surface area contributed by atoms with E-state index >= 15 is 0 Å². The molecule has 1 fully saturated rings. The fraction of sp³-hybridized carbons (Fsp3) is 0.381. The van der Waals surface area contributed by atoms with E-state index in [-0.39, 0.29) is 23.6 Å². The van der Waals surface area contributed by atoms with Crippen LogP contribution in [-0.4, -0.2) is 46.3 Å². The van der Waals surface area contributed by atoms with Gasteiger partial charge in [0.25, 0.3) is 11.8 Å². The van der Waals surface area contributed by atoms with Crippen molar-refractivity contribution in [3.63, 3.8) is 0 Å². The molecule has 2 amide bonds. The Balaban J connectivity index is 1.70. The summed E-state index contributed by atoms with van der Waals surface area (Å²) in [5.74, 6) is -2.28. The number of nitrogens with one attached hydrogen (secondary N) is 1. The van der Waals surface area contributed by atoms with E-state index in [9.17, 15) is 23.9 Å². The second-order valence-corrected chi connectivity index (χ2v) is 7.80. The van der Waals surface area contributed by atoms with Crippen LogP contribution in [0.5, 0.6) is 5.75 Å². The van der Waals surface area contributed by atoms with Crippen LogP contribution in [0.4, 0.5) is 4.39 Å². The van der Waals surface area contributed by atoms with Gasteiger partial charge < -0.3 is 15.3 Å². The van der Waals surface area contributed by atoms with E-state index < -0.39 is 28.7 Å². The number of carbonyl (C=O) groups is 2. The zero-order valence-electron chi connectivity index (χ0n) is 16.8. The predicted octanol–water partition coefficient (Wildman–Crippen LogP) is 1.55. The number of hydrogen-bond donors (Lipinski definition) is 2. The molecule has 2 aromatic rings. The van der Waals surface area contributed by atoms with Crippen LogP contribution < -0.4 is 15.8 Å². The van der Waals surface area contributed by atoms with Gasteiger partial charge in [0.15, 0.2) is 11.4 Å². The van der Waals surface area contributed by atoms with Gasteiger partial charge >= 0.3 is 0 Å². The van der Waals surface area contributed by atoms with Crippen molar-refractivity contribution in [1.29, 1.82) is 0 Å². The molecule has 1 spiro atoms. The first-order chi connectivity index (χ1) is 14.3. The summed E-state index contributed by atoms with van der Waals surface area (Å²) in [6.45, 7) is 0.0858. The topological polar surface area (TPSA) is 94.9 Å². The van der Waals surface area contributed by atoms with Crippen LogP contribution in [0.25, 0.3) is 0 Å². The van der Waals surface area contributed by atoms with Crippen LogP contribution in [0.2, 0.25) is 0 Å². The van der Waals surface area contributed by atoms with E-state index in [4.69, 9.17) is 0 Å². The second kappa shape index (κ2) is 7.16. The quantitative estimate of drug-likeness (QED) is 0.795. The van der Waals surface area contributed by atoms with E-state index in [0.717, 1.165) is 25.7 Å². The third kappa shape index (κ3) is 2.92. The maximum atomic E-state index is 13.0. The van der Waals surface area contributed by atoms with Crippen LogP contribution in [0, 0.1) is 5.82 Å². The molecule has 0 radical (unpaired) electrons. The Hall–Kier alpha value is -3.36. The average molecular weight is 414 g/mol. The van der Waals surface area contributed by atoms with Crippen LogP contribution in [0.15, 0.2) is 35.3 Å². The van der Waals surface area contributed by atoms with Crippen LogP contribution in [0.1, 0.15) is 52.1 Å². The molecule has 30 heavy (non-hydrogen) atoms. The minimum Gasteiger partial charge on any atom is -0.502 e. The zero-order valence-corrected chi connectivity index (χ0v) is 16.8. The third-order valence-electron chi connectivity index (χ3n) is 6.24. The minimum absolute atomic E-state index is 0.0858.